The molecule has 0 aliphatic carbocycles. The molecule has 0 fully saturated rings. The Hall–Kier alpha value is -1.93. The molecule has 2 N–H and O–H groups in total. The number of anilines is 1. The van der Waals surface area contributed by atoms with Crippen LogP contribution in [0, 0.1) is 0 Å². The zero-order valence-electron chi connectivity index (χ0n) is 14.3. The molecule has 0 saturated carbocycles. The summed E-state index contributed by atoms with van der Waals surface area (Å²) in [4.78, 5) is 12.1. The predicted molar refractivity (Wildman–Crippen MR) is 97.4 cm³/mol. The maximum atomic E-state index is 13.6. The van der Waals surface area contributed by atoms with Crippen LogP contribution in [0.15, 0.2) is 24.3 Å². The second kappa shape index (κ2) is 7.59. The van der Waals surface area contributed by atoms with Crippen LogP contribution in [-0.2, 0) is 0 Å². The summed E-state index contributed by atoms with van der Waals surface area (Å²) in [6.45, 7) is 2.30. The number of hydrogen-bond donors (Lipinski definition) is 2. The number of rotatable bonds is 4. The minimum absolute atomic E-state index is 0.0602. The predicted octanol–water partition coefficient (Wildman–Crippen LogP) is 4.99. The maximum absolute atomic E-state index is 13.6. The molecule has 2 heterocycles. The van der Waals surface area contributed by atoms with Crippen molar-refractivity contribution in [1.82, 2.24) is 15.1 Å². The highest BCUT2D eigenvalue weighted by Crippen LogP contribution is 2.44. The standard InChI is InChI=1S/C17H17Cl2F3N4O/c1-2-5-23-16(27)13-8-15-24-12(9-3-4-10(18)11(19)6-9)7-14(17(20,21)22)26(15)25-13/h3-4,6,8,12,14,24H,2,5,7H2,1H3,(H,23,27)/t12-,14+/m1/s1. The molecule has 5 nitrogen and oxygen atoms in total. The van der Waals surface area contributed by atoms with E-state index in [0.29, 0.717) is 23.6 Å². The van der Waals surface area contributed by atoms with Crippen molar-refractivity contribution < 1.29 is 18.0 Å². The summed E-state index contributed by atoms with van der Waals surface area (Å²) in [5, 5.41) is 10.1. The lowest BCUT2D eigenvalue weighted by atomic mass is 9.97. The van der Waals surface area contributed by atoms with Crippen molar-refractivity contribution in [3.05, 3.63) is 45.6 Å². The Kier molecular flexibility index (Phi) is 5.58. The molecule has 0 saturated heterocycles. The summed E-state index contributed by atoms with van der Waals surface area (Å²) in [5.74, 6) is -0.381. The van der Waals surface area contributed by atoms with Gasteiger partial charge in [-0.05, 0) is 24.1 Å². The van der Waals surface area contributed by atoms with E-state index in [1.807, 2.05) is 6.92 Å². The van der Waals surface area contributed by atoms with Gasteiger partial charge in [0.1, 0.15) is 5.82 Å². The van der Waals surface area contributed by atoms with E-state index in [1.165, 1.54) is 12.1 Å². The van der Waals surface area contributed by atoms with Crippen LogP contribution in [0.3, 0.4) is 0 Å². The fourth-order valence-corrected chi connectivity index (χ4v) is 3.27. The third-order valence-electron chi connectivity index (χ3n) is 4.30. The van der Waals surface area contributed by atoms with E-state index in [-0.39, 0.29) is 23.0 Å². The molecule has 0 bridgehead atoms. The van der Waals surface area contributed by atoms with Gasteiger partial charge in [0.2, 0.25) is 0 Å². The van der Waals surface area contributed by atoms with Crippen molar-refractivity contribution in [3.63, 3.8) is 0 Å². The molecule has 1 aromatic carbocycles. The quantitative estimate of drug-likeness (QED) is 0.732. The van der Waals surface area contributed by atoms with E-state index in [4.69, 9.17) is 23.2 Å². The molecule has 10 heteroatoms. The number of alkyl halides is 3. The van der Waals surface area contributed by atoms with E-state index in [9.17, 15) is 18.0 Å². The minimum Gasteiger partial charge on any atom is -0.363 e. The second-order valence-electron chi connectivity index (χ2n) is 6.28. The topological polar surface area (TPSA) is 59.0 Å². The van der Waals surface area contributed by atoms with E-state index >= 15 is 0 Å². The van der Waals surface area contributed by atoms with Crippen LogP contribution >= 0.6 is 23.2 Å². The lowest BCUT2D eigenvalue weighted by molar-refractivity contribution is -0.173. The monoisotopic (exact) mass is 420 g/mol. The Labute approximate surface area is 163 Å². The maximum Gasteiger partial charge on any atom is 0.410 e. The highest BCUT2D eigenvalue weighted by molar-refractivity contribution is 6.42. The summed E-state index contributed by atoms with van der Waals surface area (Å²) >= 11 is 11.9. The summed E-state index contributed by atoms with van der Waals surface area (Å²) in [6, 6.07) is 3.52. The van der Waals surface area contributed by atoms with E-state index in [0.717, 1.165) is 4.68 Å². The van der Waals surface area contributed by atoms with Crippen molar-refractivity contribution in [2.45, 2.75) is 38.0 Å². The molecule has 0 spiro atoms. The van der Waals surface area contributed by atoms with Crippen LogP contribution in [0.25, 0.3) is 0 Å². The number of halogens is 5. The highest BCUT2D eigenvalue weighted by Gasteiger charge is 2.46. The molecular formula is C17H17Cl2F3N4O. The van der Waals surface area contributed by atoms with Gasteiger partial charge in [-0.15, -0.1) is 0 Å². The van der Waals surface area contributed by atoms with Gasteiger partial charge in [-0.3, -0.25) is 4.79 Å². The summed E-state index contributed by atoms with van der Waals surface area (Å²) < 4.78 is 41.7. The average Bonchev–Trinajstić information content (AvgIpc) is 3.04. The number of hydrogen-bond acceptors (Lipinski definition) is 3. The second-order valence-corrected chi connectivity index (χ2v) is 7.09. The Morgan fingerprint density at radius 2 is 2.07 bits per heavy atom. The first kappa shape index (κ1) is 19.8. The number of amides is 1. The van der Waals surface area contributed by atoms with E-state index in [1.54, 1.807) is 12.1 Å². The Balaban J connectivity index is 1.95. The van der Waals surface area contributed by atoms with Gasteiger partial charge >= 0.3 is 6.18 Å². The average molecular weight is 421 g/mol. The zero-order chi connectivity index (χ0) is 19.8. The third kappa shape index (κ3) is 4.16. The van der Waals surface area contributed by atoms with Gasteiger partial charge in [-0.2, -0.15) is 18.3 Å². The Morgan fingerprint density at radius 1 is 1.33 bits per heavy atom. The van der Waals surface area contributed by atoms with Gasteiger partial charge in [0.05, 0.1) is 16.1 Å². The lowest BCUT2D eigenvalue weighted by Gasteiger charge is -2.33. The van der Waals surface area contributed by atoms with Gasteiger partial charge in [0, 0.05) is 19.0 Å². The highest BCUT2D eigenvalue weighted by atomic mass is 35.5. The number of carbonyl (C=O) groups is 1. The van der Waals surface area contributed by atoms with Crippen LogP contribution in [0.4, 0.5) is 19.0 Å². The van der Waals surface area contributed by atoms with Gasteiger partial charge in [-0.1, -0.05) is 36.2 Å². The van der Waals surface area contributed by atoms with Crippen LogP contribution in [0.5, 0.6) is 0 Å². The number of fused-ring (bicyclic) bond motifs is 1. The van der Waals surface area contributed by atoms with Crippen molar-refractivity contribution in [3.8, 4) is 0 Å². The fourth-order valence-electron chi connectivity index (χ4n) is 2.96. The zero-order valence-corrected chi connectivity index (χ0v) is 15.8. The summed E-state index contributed by atoms with van der Waals surface area (Å²) in [5.41, 5.74) is 0.512. The first-order valence-corrected chi connectivity index (χ1v) is 9.12. The van der Waals surface area contributed by atoms with Crippen molar-refractivity contribution in [2.75, 3.05) is 11.9 Å². The van der Waals surface area contributed by atoms with Crippen molar-refractivity contribution in [2.24, 2.45) is 0 Å². The molecule has 146 valence electrons. The van der Waals surface area contributed by atoms with Gasteiger partial charge < -0.3 is 10.6 Å². The molecular weight excluding hydrogens is 404 g/mol. The van der Waals surface area contributed by atoms with Crippen molar-refractivity contribution >= 4 is 34.9 Å². The van der Waals surface area contributed by atoms with Crippen molar-refractivity contribution in [1.29, 1.82) is 0 Å². The molecule has 1 amide bonds. The molecule has 27 heavy (non-hydrogen) atoms. The van der Waals surface area contributed by atoms with Gasteiger partial charge in [-0.25, -0.2) is 4.68 Å². The van der Waals surface area contributed by atoms with Gasteiger partial charge in [0.25, 0.3) is 5.91 Å². The molecule has 2 atom stereocenters. The molecule has 3 rings (SSSR count). The van der Waals surface area contributed by atoms with Crippen LogP contribution in [-0.4, -0.2) is 28.4 Å². The Morgan fingerprint density at radius 3 is 2.70 bits per heavy atom. The first-order chi connectivity index (χ1) is 12.7. The molecule has 1 aromatic heterocycles. The molecule has 0 unspecified atom stereocenters. The number of aromatic nitrogens is 2. The smallest absolute Gasteiger partial charge is 0.363 e. The minimum atomic E-state index is -4.52. The first-order valence-electron chi connectivity index (χ1n) is 8.36. The number of nitrogens with one attached hydrogen (secondary N) is 2. The van der Waals surface area contributed by atoms with Crippen LogP contribution in [0.1, 0.15) is 47.9 Å². The van der Waals surface area contributed by atoms with Gasteiger partial charge in [0.15, 0.2) is 11.7 Å². The largest absolute Gasteiger partial charge is 0.410 e. The van der Waals surface area contributed by atoms with Crippen LogP contribution < -0.4 is 10.6 Å². The Bertz CT molecular complexity index is 853. The van der Waals surface area contributed by atoms with Crippen LogP contribution in [0.2, 0.25) is 10.0 Å². The normalized spacial score (nSPS) is 19.3. The number of nitrogens with zero attached hydrogens (tertiary/aromatic N) is 2. The van der Waals surface area contributed by atoms with E-state index < -0.39 is 24.2 Å². The van der Waals surface area contributed by atoms with E-state index in [2.05, 4.69) is 15.7 Å². The summed E-state index contributed by atoms with van der Waals surface area (Å²) in [6.07, 6.45) is -4.09. The molecule has 1 aliphatic rings. The molecule has 0 radical (unpaired) electrons. The molecule has 2 aromatic rings. The lowest BCUT2D eigenvalue weighted by Crippen LogP contribution is -2.35. The number of carbonyl (C=O) groups excluding carboxylic acids is 1. The molecule has 1 aliphatic heterocycles. The number of benzene rings is 1. The fraction of sp³-hybridized carbons (Fsp3) is 0.412. The summed E-state index contributed by atoms with van der Waals surface area (Å²) in [7, 11) is 0. The third-order valence-corrected chi connectivity index (χ3v) is 5.04. The SMILES string of the molecule is CCCNC(=O)c1cc2n(n1)[C@H](C(F)(F)F)C[C@H](c1ccc(Cl)c(Cl)c1)N2.